The fourth-order valence-electron chi connectivity index (χ4n) is 3.12. The molecule has 3 N–H and O–H groups in total. The van der Waals surface area contributed by atoms with Gasteiger partial charge in [-0.1, -0.05) is 26.7 Å². The number of carbonyl (C=O) groups excluding carboxylic acids is 1. The molecule has 0 heterocycles. The van der Waals surface area contributed by atoms with Gasteiger partial charge in [-0.25, -0.2) is 0 Å². The van der Waals surface area contributed by atoms with Crippen LogP contribution in [-0.2, 0) is 4.79 Å². The lowest BCUT2D eigenvalue weighted by atomic mass is 9.87. The molecule has 0 spiro atoms. The van der Waals surface area contributed by atoms with Crippen molar-refractivity contribution in [1.29, 1.82) is 0 Å². The summed E-state index contributed by atoms with van der Waals surface area (Å²) in [6.45, 7) is 5.25. The smallest absolute Gasteiger partial charge is 0.220 e. The molecule has 0 bridgehead atoms. The van der Waals surface area contributed by atoms with E-state index >= 15 is 0 Å². The van der Waals surface area contributed by atoms with Crippen LogP contribution in [0, 0.1) is 11.8 Å². The average molecular weight is 268 g/mol. The molecule has 0 aliphatic heterocycles. The fraction of sp³-hybridized carbons (Fsp3) is 0.938. The zero-order valence-corrected chi connectivity index (χ0v) is 12.8. The minimum Gasteiger partial charge on any atom is -0.353 e. The van der Waals surface area contributed by atoms with Crippen molar-refractivity contribution in [3.05, 3.63) is 0 Å². The first kappa shape index (κ1) is 16.5. The van der Waals surface area contributed by atoms with Crippen LogP contribution in [-0.4, -0.2) is 18.5 Å². The highest BCUT2D eigenvalue weighted by Gasteiger charge is 2.20. The van der Waals surface area contributed by atoms with Crippen LogP contribution in [0.25, 0.3) is 0 Å². The first-order valence-electron chi connectivity index (χ1n) is 8.15. The number of nitrogens with two attached hydrogens (primary N) is 1. The fourth-order valence-corrected chi connectivity index (χ4v) is 3.12. The molecule has 1 aliphatic rings. The molecule has 3 heteroatoms. The Labute approximate surface area is 118 Å². The maximum atomic E-state index is 12.0. The summed E-state index contributed by atoms with van der Waals surface area (Å²) in [5, 5.41) is 3.21. The lowest BCUT2D eigenvalue weighted by molar-refractivity contribution is -0.122. The highest BCUT2D eigenvalue weighted by atomic mass is 16.1. The van der Waals surface area contributed by atoms with Crippen LogP contribution in [0.4, 0.5) is 0 Å². The van der Waals surface area contributed by atoms with Crippen molar-refractivity contribution in [2.45, 2.75) is 77.7 Å². The van der Waals surface area contributed by atoms with Gasteiger partial charge in [0, 0.05) is 12.5 Å². The second-order valence-corrected chi connectivity index (χ2v) is 6.30. The molecule has 3 nitrogen and oxygen atoms in total. The van der Waals surface area contributed by atoms with Crippen LogP contribution in [0.2, 0.25) is 0 Å². The third-order valence-corrected chi connectivity index (χ3v) is 4.43. The molecule has 1 amide bonds. The highest BCUT2D eigenvalue weighted by Crippen LogP contribution is 2.23. The first-order chi connectivity index (χ1) is 9.15. The number of hydrogen-bond donors (Lipinski definition) is 2. The Hall–Kier alpha value is -0.570. The number of hydrogen-bond acceptors (Lipinski definition) is 2. The molecule has 1 aliphatic carbocycles. The average Bonchev–Trinajstić information content (AvgIpc) is 2.39. The van der Waals surface area contributed by atoms with E-state index in [2.05, 4.69) is 19.2 Å². The lowest BCUT2D eigenvalue weighted by Gasteiger charge is -2.27. The standard InChI is InChI=1S/C16H32N2O/c1-3-4-14(11-12-17)7-10-16(19)18-15-8-5-13(2)6-9-15/h13-15H,3-12,17H2,1-2H3,(H,18,19). The molecule has 1 fully saturated rings. The normalized spacial score (nSPS) is 25.0. The van der Waals surface area contributed by atoms with Gasteiger partial charge in [-0.2, -0.15) is 0 Å². The van der Waals surface area contributed by atoms with Crippen molar-refractivity contribution in [2.24, 2.45) is 17.6 Å². The quantitative estimate of drug-likeness (QED) is 0.710. The Morgan fingerprint density at radius 3 is 2.47 bits per heavy atom. The summed E-state index contributed by atoms with van der Waals surface area (Å²) in [5.41, 5.74) is 5.63. The zero-order chi connectivity index (χ0) is 14.1. The molecule has 0 aromatic carbocycles. The number of amides is 1. The number of nitrogens with one attached hydrogen (secondary N) is 1. The maximum absolute atomic E-state index is 12.0. The van der Waals surface area contributed by atoms with Gasteiger partial charge in [-0.05, 0) is 56.9 Å². The Kier molecular flexibility index (Phi) is 8.11. The molecule has 0 aromatic heterocycles. The lowest BCUT2D eigenvalue weighted by Crippen LogP contribution is -2.37. The Morgan fingerprint density at radius 1 is 1.21 bits per heavy atom. The van der Waals surface area contributed by atoms with Crippen molar-refractivity contribution in [2.75, 3.05) is 6.54 Å². The van der Waals surface area contributed by atoms with Crippen molar-refractivity contribution < 1.29 is 4.79 Å². The van der Waals surface area contributed by atoms with Gasteiger partial charge in [0.15, 0.2) is 0 Å². The molecular formula is C16H32N2O. The predicted molar refractivity (Wildman–Crippen MR) is 80.9 cm³/mol. The van der Waals surface area contributed by atoms with Gasteiger partial charge >= 0.3 is 0 Å². The molecule has 1 rings (SSSR count). The van der Waals surface area contributed by atoms with Crippen LogP contribution in [0.3, 0.4) is 0 Å². The first-order valence-corrected chi connectivity index (χ1v) is 8.15. The van der Waals surface area contributed by atoms with E-state index in [1.807, 2.05) is 0 Å². The van der Waals surface area contributed by atoms with Crippen LogP contribution in [0.1, 0.15) is 71.6 Å². The van der Waals surface area contributed by atoms with Crippen molar-refractivity contribution in [3.8, 4) is 0 Å². The highest BCUT2D eigenvalue weighted by molar-refractivity contribution is 5.76. The molecule has 0 radical (unpaired) electrons. The molecule has 1 saturated carbocycles. The van der Waals surface area contributed by atoms with Gasteiger partial charge in [0.05, 0.1) is 0 Å². The van der Waals surface area contributed by atoms with E-state index < -0.39 is 0 Å². The van der Waals surface area contributed by atoms with E-state index in [9.17, 15) is 4.79 Å². The van der Waals surface area contributed by atoms with Gasteiger partial charge in [0.2, 0.25) is 5.91 Å². The monoisotopic (exact) mass is 268 g/mol. The van der Waals surface area contributed by atoms with Crippen LogP contribution < -0.4 is 11.1 Å². The van der Waals surface area contributed by atoms with Gasteiger partial charge in [0.1, 0.15) is 0 Å². The van der Waals surface area contributed by atoms with Gasteiger partial charge in [-0.15, -0.1) is 0 Å². The second kappa shape index (κ2) is 9.35. The van der Waals surface area contributed by atoms with Crippen molar-refractivity contribution >= 4 is 5.91 Å². The van der Waals surface area contributed by atoms with E-state index in [0.29, 0.717) is 18.4 Å². The van der Waals surface area contributed by atoms with E-state index in [0.717, 1.165) is 38.1 Å². The van der Waals surface area contributed by atoms with E-state index in [1.165, 1.54) is 25.7 Å². The minimum absolute atomic E-state index is 0.248. The summed E-state index contributed by atoms with van der Waals surface area (Å²) in [5.74, 6) is 1.72. The number of carbonyl (C=O) groups is 1. The molecular weight excluding hydrogens is 236 g/mol. The second-order valence-electron chi connectivity index (χ2n) is 6.30. The van der Waals surface area contributed by atoms with E-state index in [1.54, 1.807) is 0 Å². The molecule has 19 heavy (non-hydrogen) atoms. The molecule has 1 unspecified atom stereocenters. The summed E-state index contributed by atoms with van der Waals surface area (Å²) in [6.07, 6.45) is 9.96. The minimum atomic E-state index is 0.248. The van der Waals surface area contributed by atoms with Gasteiger partial charge in [-0.3, -0.25) is 4.79 Å². The van der Waals surface area contributed by atoms with Crippen LogP contribution >= 0.6 is 0 Å². The maximum Gasteiger partial charge on any atom is 0.220 e. The topological polar surface area (TPSA) is 55.1 Å². The van der Waals surface area contributed by atoms with E-state index in [4.69, 9.17) is 5.73 Å². The summed E-state index contributed by atoms with van der Waals surface area (Å²) in [6, 6.07) is 0.433. The summed E-state index contributed by atoms with van der Waals surface area (Å²) < 4.78 is 0. The third kappa shape index (κ3) is 6.95. The van der Waals surface area contributed by atoms with Crippen LogP contribution in [0.15, 0.2) is 0 Å². The zero-order valence-electron chi connectivity index (χ0n) is 12.8. The third-order valence-electron chi connectivity index (χ3n) is 4.43. The molecule has 0 aromatic rings. The largest absolute Gasteiger partial charge is 0.353 e. The summed E-state index contributed by atoms with van der Waals surface area (Å²) in [4.78, 5) is 12.0. The number of rotatable bonds is 8. The summed E-state index contributed by atoms with van der Waals surface area (Å²) in [7, 11) is 0. The predicted octanol–water partition coefficient (Wildman–Crippen LogP) is 3.23. The van der Waals surface area contributed by atoms with Gasteiger partial charge < -0.3 is 11.1 Å². The van der Waals surface area contributed by atoms with E-state index in [-0.39, 0.29) is 5.91 Å². The van der Waals surface area contributed by atoms with Crippen molar-refractivity contribution in [1.82, 2.24) is 5.32 Å². The van der Waals surface area contributed by atoms with Gasteiger partial charge in [0.25, 0.3) is 0 Å². The Morgan fingerprint density at radius 2 is 1.89 bits per heavy atom. The molecule has 1 atom stereocenters. The molecule has 112 valence electrons. The molecule has 0 saturated heterocycles. The van der Waals surface area contributed by atoms with Crippen molar-refractivity contribution in [3.63, 3.8) is 0 Å². The Bertz CT molecular complexity index is 241. The SMILES string of the molecule is CCCC(CCN)CCC(=O)NC1CCC(C)CC1. The van der Waals surface area contributed by atoms with Crippen LogP contribution in [0.5, 0.6) is 0 Å². The Balaban J connectivity index is 2.19. The summed E-state index contributed by atoms with van der Waals surface area (Å²) >= 11 is 0.